The Bertz CT molecular complexity index is 1690. The summed E-state index contributed by atoms with van der Waals surface area (Å²) in [5.74, 6) is -2.00. The summed E-state index contributed by atoms with van der Waals surface area (Å²) in [7, 11) is 5.91. The zero-order chi connectivity index (χ0) is 40.8. The molecule has 3 aliphatic rings. The number of carbonyl (C=O) groups is 5. The van der Waals surface area contributed by atoms with Gasteiger partial charge in [0.25, 0.3) is 0 Å². The van der Waals surface area contributed by atoms with Crippen molar-refractivity contribution in [2.45, 2.75) is 102 Å². The molecule has 8 atom stereocenters. The van der Waals surface area contributed by atoms with E-state index in [4.69, 9.17) is 40.4 Å². The first kappa shape index (κ1) is 43.9. The lowest BCUT2D eigenvalue weighted by atomic mass is 9.83. The molecule has 3 heterocycles. The number of esters is 1. The number of rotatable bonds is 11. The Kier molecular flexibility index (Phi) is 14.7. The van der Waals surface area contributed by atoms with Gasteiger partial charge in [-0.1, -0.05) is 42.3 Å². The van der Waals surface area contributed by atoms with Gasteiger partial charge in [0.05, 0.1) is 31.7 Å². The Labute approximate surface area is 330 Å². The van der Waals surface area contributed by atoms with Crippen LogP contribution in [0.2, 0.25) is 5.02 Å². The molecule has 2 saturated heterocycles. The Morgan fingerprint density at radius 3 is 2.55 bits per heavy atom. The van der Waals surface area contributed by atoms with Crippen molar-refractivity contribution in [2.75, 3.05) is 44.7 Å². The summed E-state index contributed by atoms with van der Waals surface area (Å²) in [6.07, 6.45) is 0.727. The number of carbonyl (C=O) groups excluding carboxylic acids is 4. The molecule has 55 heavy (non-hydrogen) atoms. The maximum absolute atomic E-state index is 14.1. The van der Waals surface area contributed by atoms with E-state index in [1.165, 1.54) is 49.8 Å². The molecule has 17 heteroatoms. The number of aliphatic hydroxyl groups is 1. The van der Waals surface area contributed by atoms with E-state index in [2.05, 4.69) is 5.32 Å². The van der Waals surface area contributed by atoms with E-state index in [0.717, 1.165) is 11.1 Å². The average molecular weight is 810 g/mol. The van der Waals surface area contributed by atoms with Gasteiger partial charge in [-0.15, -0.1) is 0 Å². The van der Waals surface area contributed by atoms with Crippen molar-refractivity contribution < 1.29 is 57.9 Å². The second-order valence-electron chi connectivity index (χ2n) is 14.4. The minimum absolute atomic E-state index is 0.0265. The number of epoxide rings is 1. The monoisotopic (exact) mass is 809 g/mol. The van der Waals surface area contributed by atoms with Crippen LogP contribution in [0.15, 0.2) is 35.9 Å². The van der Waals surface area contributed by atoms with E-state index in [0.29, 0.717) is 29.4 Å². The van der Waals surface area contributed by atoms with Gasteiger partial charge >= 0.3 is 18.0 Å². The first-order valence-corrected chi connectivity index (χ1v) is 19.5. The number of aliphatic carboxylic acids is 1. The molecule has 3 aliphatic heterocycles. The molecule has 1 aromatic carbocycles. The normalized spacial score (nSPS) is 30.4. The molecule has 4 bridgehead atoms. The summed E-state index contributed by atoms with van der Waals surface area (Å²) in [4.78, 5) is 67.1. The number of anilines is 1. The quantitative estimate of drug-likeness (QED) is 0.164. The number of carboxylic acid groups (broad SMARTS) is 1. The van der Waals surface area contributed by atoms with Gasteiger partial charge in [0, 0.05) is 51.5 Å². The Balaban J connectivity index is 1.68. The highest BCUT2D eigenvalue weighted by atomic mass is 35.5. The summed E-state index contributed by atoms with van der Waals surface area (Å²) in [5.41, 5.74) is -1.03. The standard InChI is InChI=1S/C38H52ClN3O12S/c1-21-10-9-11-28(51-8)38(49)20-27(52-36(48)40-38)22(2)34-37(4,54-34)29(19-31(44)42(6)25-17-24(16-21)18-26(50-7)33(25)39)53-35(47)23(3)41(5)30(43)12-14-55-15-13-32(45)46/h9-11,17-18,22-23,27-29,34,49H,12-16,19-20H2,1-8H3,(H,40,48)(H,45,46)/b11-9+,21-10+/t22-,23+,27+,28-,29+,34+,37?,38+/m1/s1. The fraction of sp³-hybridized carbons (Fsp3) is 0.605. The van der Waals surface area contributed by atoms with Crippen molar-refractivity contribution in [1.82, 2.24) is 10.2 Å². The second-order valence-corrected chi connectivity index (χ2v) is 16.0. The summed E-state index contributed by atoms with van der Waals surface area (Å²) in [6.45, 7) is 6.89. The molecule has 3 amide bonds. The lowest BCUT2D eigenvalue weighted by Gasteiger charge is -2.42. The van der Waals surface area contributed by atoms with Crippen molar-refractivity contribution in [3.8, 4) is 5.75 Å². The number of hydrogen-bond donors (Lipinski definition) is 3. The van der Waals surface area contributed by atoms with E-state index in [1.54, 1.807) is 45.2 Å². The third-order valence-corrected chi connectivity index (χ3v) is 11.8. The fourth-order valence-corrected chi connectivity index (χ4v) is 7.97. The van der Waals surface area contributed by atoms with E-state index in [9.17, 15) is 29.1 Å². The number of likely N-dealkylation sites (N-methyl/N-ethyl adjacent to an activating group) is 1. The molecule has 0 radical (unpaired) electrons. The smallest absolute Gasteiger partial charge is 0.409 e. The number of amides is 3. The fourth-order valence-electron chi connectivity index (χ4n) is 6.82. The first-order valence-electron chi connectivity index (χ1n) is 18.0. The van der Waals surface area contributed by atoms with Crippen LogP contribution in [0.3, 0.4) is 0 Å². The molecule has 3 N–H and O–H groups in total. The molecular formula is C38H52ClN3O12S. The first-order chi connectivity index (χ1) is 25.8. The van der Waals surface area contributed by atoms with Gasteiger partial charge in [-0.25, -0.2) is 9.59 Å². The topological polar surface area (TPSA) is 194 Å². The molecule has 1 aromatic rings. The highest BCUT2D eigenvalue weighted by Crippen LogP contribution is 2.49. The second kappa shape index (κ2) is 18.4. The molecule has 0 spiro atoms. The molecule has 0 aliphatic carbocycles. The van der Waals surface area contributed by atoms with E-state index < -0.39 is 71.6 Å². The molecule has 4 rings (SSSR count). The van der Waals surface area contributed by atoms with Crippen LogP contribution in [0.25, 0.3) is 0 Å². The maximum Gasteiger partial charge on any atom is 0.409 e. The molecule has 304 valence electrons. The van der Waals surface area contributed by atoms with Crippen molar-refractivity contribution in [1.29, 1.82) is 0 Å². The SMILES string of the molecule is COc1cc2cc(c1Cl)N(C)C(=O)C[C@H](OC(=O)[C@H](C)N(C)C(=O)CCSCCC(=O)O)C1(C)O[C@H]1[C@H](C)[C@@H]1C[C@@](O)(NC(=O)O1)[C@H](OC)/C=C/C=C(\C)C2. The van der Waals surface area contributed by atoms with Gasteiger partial charge in [0.1, 0.15) is 40.7 Å². The Hall–Kier alpha value is -3.83. The number of nitrogens with one attached hydrogen (secondary N) is 1. The van der Waals surface area contributed by atoms with Crippen LogP contribution in [0, 0.1) is 5.92 Å². The highest BCUT2D eigenvalue weighted by Gasteiger charge is 2.64. The van der Waals surface area contributed by atoms with Gasteiger partial charge in [0.2, 0.25) is 11.8 Å². The summed E-state index contributed by atoms with van der Waals surface area (Å²) in [5, 5.41) is 23.3. The molecule has 0 saturated carbocycles. The van der Waals surface area contributed by atoms with Gasteiger partial charge < -0.3 is 43.7 Å². The third kappa shape index (κ3) is 10.5. The largest absolute Gasteiger partial charge is 0.495 e. The van der Waals surface area contributed by atoms with Crippen molar-refractivity contribution in [3.05, 3.63) is 46.5 Å². The zero-order valence-electron chi connectivity index (χ0n) is 32.5. The average Bonchev–Trinajstić information content (AvgIpc) is 3.83. The van der Waals surface area contributed by atoms with Crippen LogP contribution in [0.5, 0.6) is 5.75 Å². The number of allylic oxidation sites excluding steroid dienone is 3. The summed E-state index contributed by atoms with van der Waals surface area (Å²) < 4.78 is 29.1. The number of benzene rings is 1. The minimum atomic E-state index is -1.85. The van der Waals surface area contributed by atoms with Crippen LogP contribution >= 0.6 is 23.4 Å². The van der Waals surface area contributed by atoms with E-state index in [1.807, 2.05) is 13.0 Å². The number of ether oxygens (including phenoxy) is 5. The van der Waals surface area contributed by atoms with Crippen LogP contribution in [-0.2, 0) is 44.5 Å². The zero-order valence-corrected chi connectivity index (χ0v) is 34.0. The van der Waals surface area contributed by atoms with Gasteiger partial charge in [0.15, 0.2) is 5.72 Å². The number of thioether (sulfide) groups is 1. The molecule has 0 aromatic heterocycles. The number of hydrogen-bond acceptors (Lipinski definition) is 12. The number of halogens is 1. The van der Waals surface area contributed by atoms with Crippen molar-refractivity contribution in [3.63, 3.8) is 0 Å². The number of carboxylic acids is 1. The third-order valence-electron chi connectivity index (χ3n) is 10.4. The van der Waals surface area contributed by atoms with Gasteiger partial charge in [-0.2, -0.15) is 11.8 Å². The highest BCUT2D eigenvalue weighted by molar-refractivity contribution is 7.99. The molecule has 15 nitrogen and oxygen atoms in total. The number of methoxy groups -OCH3 is 2. The molecule has 1 unspecified atom stereocenters. The Morgan fingerprint density at radius 2 is 1.89 bits per heavy atom. The predicted octanol–water partition coefficient (Wildman–Crippen LogP) is 4.11. The summed E-state index contributed by atoms with van der Waals surface area (Å²) in [6, 6.07) is 2.50. The van der Waals surface area contributed by atoms with Crippen LogP contribution in [-0.4, -0.2) is 127 Å². The van der Waals surface area contributed by atoms with E-state index in [-0.39, 0.29) is 36.6 Å². The van der Waals surface area contributed by atoms with Crippen LogP contribution in [0.1, 0.15) is 58.9 Å². The van der Waals surface area contributed by atoms with Gasteiger partial charge in [-0.05, 0) is 44.9 Å². The number of fused-ring (bicyclic) bond motifs is 5. The predicted molar refractivity (Wildman–Crippen MR) is 205 cm³/mol. The van der Waals surface area contributed by atoms with Crippen molar-refractivity contribution in [2.24, 2.45) is 5.92 Å². The minimum Gasteiger partial charge on any atom is -0.495 e. The molecular weight excluding hydrogens is 758 g/mol. The summed E-state index contributed by atoms with van der Waals surface area (Å²) >= 11 is 8.07. The van der Waals surface area contributed by atoms with Crippen LogP contribution < -0.4 is 15.0 Å². The van der Waals surface area contributed by atoms with Crippen molar-refractivity contribution >= 4 is 58.9 Å². The number of nitrogens with zero attached hydrogens (tertiary/aromatic N) is 2. The van der Waals surface area contributed by atoms with Gasteiger partial charge in [-0.3, -0.25) is 19.7 Å². The lowest BCUT2D eigenvalue weighted by Crippen LogP contribution is -2.63. The van der Waals surface area contributed by atoms with Crippen LogP contribution in [0.4, 0.5) is 10.5 Å². The maximum atomic E-state index is 14.1. The Morgan fingerprint density at radius 1 is 1.20 bits per heavy atom. The molecule has 2 fully saturated rings. The number of alkyl carbamates (subject to hydrolysis) is 1. The van der Waals surface area contributed by atoms with E-state index >= 15 is 0 Å². The lowest BCUT2D eigenvalue weighted by molar-refractivity contribution is -0.162.